The van der Waals surface area contributed by atoms with Crippen LogP contribution < -0.4 is 5.56 Å². The first-order chi connectivity index (χ1) is 7.61. The number of aromatic amines is 1. The Hall–Kier alpha value is -2.24. The molecule has 0 bridgehead atoms. The smallest absolute Gasteiger partial charge is 0.271 e. The van der Waals surface area contributed by atoms with Gasteiger partial charge in [-0.25, -0.2) is 4.98 Å². The molecule has 1 aromatic carbocycles. The third-order valence-corrected chi connectivity index (χ3v) is 2.29. The number of benzene rings is 1. The van der Waals surface area contributed by atoms with Crippen LogP contribution in [0.5, 0.6) is 0 Å². The van der Waals surface area contributed by atoms with Gasteiger partial charge in [-0.05, 0) is 12.5 Å². The molecule has 0 saturated carbocycles. The second kappa shape index (κ2) is 3.73. The van der Waals surface area contributed by atoms with Crippen molar-refractivity contribution < 1.29 is 4.92 Å². The molecule has 0 unspecified atom stereocenters. The summed E-state index contributed by atoms with van der Waals surface area (Å²) in [7, 11) is 0. The Labute approximate surface area is 90.1 Å². The maximum absolute atomic E-state index is 11.5. The summed E-state index contributed by atoms with van der Waals surface area (Å²) in [6, 6.07) is 4.21. The first-order valence-corrected chi connectivity index (χ1v) is 4.79. The lowest BCUT2D eigenvalue weighted by atomic mass is 10.2. The molecule has 0 saturated heterocycles. The molecule has 6 nitrogen and oxygen atoms in total. The van der Waals surface area contributed by atoms with E-state index in [-0.39, 0.29) is 11.2 Å². The largest absolute Gasteiger partial charge is 0.319 e. The fourth-order valence-electron chi connectivity index (χ4n) is 1.47. The van der Waals surface area contributed by atoms with Gasteiger partial charge in [0.1, 0.15) is 5.69 Å². The molecular weight excluding hydrogens is 210 g/mol. The molecule has 82 valence electrons. The third-order valence-electron chi connectivity index (χ3n) is 2.29. The molecule has 1 aromatic heterocycles. The highest BCUT2D eigenvalue weighted by atomic mass is 16.6. The van der Waals surface area contributed by atoms with Crippen LogP contribution in [0.2, 0.25) is 0 Å². The van der Waals surface area contributed by atoms with Gasteiger partial charge in [0, 0.05) is 12.1 Å². The summed E-state index contributed by atoms with van der Waals surface area (Å²) < 4.78 is 0. The van der Waals surface area contributed by atoms with Crippen molar-refractivity contribution in [1.82, 2.24) is 9.97 Å². The fourth-order valence-corrected chi connectivity index (χ4v) is 1.47. The van der Waals surface area contributed by atoms with Crippen LogP contribution in [0.25, 0.3) is 11.0 Å². The van der Waals surface area contributed by atoms with E-state index in [4.69, 9.17) is 0 Å². The van der Waals surface area contributed by atoms with Gasteiger partial charge in [-0.1, -0.05) is 6.92 Å². The summed E-state index contributed by atoms with van der Waals surface area (Å²) in [6.45, 7) is 1.83. The lowest BCUT2D eigenvalue weighted by molar-refractivity contribution is -0.384. The van der Waals surface area contributed by atoms with Crippen LogP contribution in [0.4, 0.5) is 5.69 Å². The number of nitrogens with one attached hydrogen (secondary N) is 1. The first kappa shape index (κ1) is 10.3. The summed E-state index contributed by atoms with van der Waals surface area (Å²) >= 11 is 0. The molecule has 1 heterocycles. The van der Waals surface area contributed by atoms with Crippen LogP contribution in [0.3, 0.4) is 0 Å². The molecule has 1 N–H and O–H groups in total. The zero-order chi connectivity index (χ0) is 11.7. The molecule has 2 rings (SSSR count). The molecule has 0 aliphatic heterocycles. The Morgan fingerprint density at radius 3 is 2.88 bits per heavy atom. The minimum absolute atomic E-state index is 0.0609. The van der Waals surface area contributed by atoms with Crippen molar-refractivity contribution in [2.45, 2.75) is 13.3 Å². The molecular formula is C10H9N3O3. The number of nitrogens with zero attached hydrogens (tertiary/aromatic N) is 2. The first-order valence-electron chi connectivity index (χ1n) is 4.79. The van der Waals surface area contributed by atoms with Crippen LogP contribution in [-0.2, 0) is 6.42 Å². The number of hydrogen-bond donors (Lipinski definition) is 1. The number of aromatic nitrogens is 2. The van der Waals surface area contributed by atoms with Gasteiger partial charge in [0.2, 0.25) is 0 Å². The van der Waals surface area contributed by atoms with Crippen molar-refractivity contribution in [3.8, 4) is 0 Å². The highest BCUT2D eigenvalue weighted by Gasteiger charge is 2.08. The van der Waals surface area contributed by atoms with E-state index in [1.54, 1.807) is 0 Å². The van der Waals surface area contributed by atoms with E-state index in [2.05, 4.69) is 9.97 Å². The van der Waals surface area contributed by atoms with Crippen LogP contribution in [0, 0.1) is 10.1 Å². The topological polar surface area (TPSA) is 88.9 Å². The summed E-state index contributed by atoms with van der Waals surface area (Å²) in [5.74, 6) is 0. The van der Waals surface area contributed by atoms with Crippen LogP contribution in [0.1, 0.15) is 12.6 Å². The van der Waals surface area contributed by atoms with Crippen molar-refractivity contribution in [2.24, 2.45) is 0 Å². The summed E-state index contributed by atoms with van der Waals surface area (Å²) in [4.78, 5) is 28.2. The van der Waals surface area contributed by atoms with Crippen LogP contribution in [0.15, 0.2) is 23.0 Å². The molecule has 0 amide bonds. The molecule has 0 fully saturated rings. The third kappa shape index (κ3) is 1.65. The number of aryl methyl sites for hydroxylation is 1. The Kier molecular flexibility index (Phi) is 2.40. The quantitative estimate of drug-likeness (QED) is 0.610. The zero-order valence-corrected chi connectivity index (χ0v) is 8.56. The molecule has 16 heavy (non-hydrogen) atoms. The monoisotopic (exact) mass is 219 g/mol. The normalized spacial score (nSPS) is 10.6. The van der Waals surface area contributed by atoms with Gasteiger partial charge in [0.25, 0.3) is 11.2 Å². The van der Waals surface area contributed by atoms with Crippen molar-refractivity contribution in [3.63, 3.8) is 0 Å². The summed E-state index contributed by atoms with van der Waals surface area (Å²) in [5, 5.41) is 10.5. The molecule has 0 radical (unpaired) electrons. The average Bonchev–Trinajstić information content (AvgIpc) is 2.27. The lowest BCUT2D eigenvalue weighted by Gasteiger charge is -1.99. The van der Waals surface area contributed by atoms with E-state index in [9.17, 15) is 14.9 Å². The van der Waals surface area contributed by atoms with Crippen molar-refractivity contribution in [1.29, 1.82) is 0 Å². The van der Waals surface area contributed by atoms with E-state index in [0.29, 0.717) is 23.1 Å². The van der Waals surface area contributed by atoms with Crippen molar-refractivity contribution >= 4 is 16.7 Å². The van der Waals surface area contributed by atoms with Gasteiger partial charge in [0.05, 0.1) is 16.0 Å². The van der Waals surface area contributed by atoms with E-state index in [1.165, 1.54) is 18.2 Å². The second-order valence-corrected chi connectivity index (χ2v) is 3.32. The number of hydrogen-bond acceptors (Lipinski definition) is 4. The van der Waals surface area contributed by atoms with Gasteiger partial charge >= 0.3 is 0 Å². The number of nitro groups is 1. The van der Waals surface area contributed by atoms with Crippen molar-refractivity contribution in [3.05, 3.63) is 44.4 Å². The summed E-state index contributed by atoms with van der Waals surface area (Å²) in [5.41, 5.74) is 1.02. The van der Waals surface area contributed by atoms with E-state index >= 15 is 0 Å². The van der Waals surface area contributed by atoms with Crippen molar-refractivity contribution in [2.75, 3.05) is 0 Å². The molecule has 0 atom stereocenters. The van der Waals surface area contributed by atoms with Gasteiger partial charge in [0.15, 0.2) is 0 Å². The molecule has 0 aliphatic carbocycles. The van der Waals surface area contributed by atoms with Gasteiger partial charge in [-0.3, -0.25) is 14.9 Å². The van der Waals surface area contributed by atoms with Gasteiger partial charge < -0.3 is 4.98 Å². The highest BCUT2D eigenvalue weighted by Crippen LogP contribution is 2.16. The minimum atomic E-state index is -0.508. The standard InChI is InChI=1S/C10H9N3O3/c1-2-7-10(14)12-9-5-6(13(15)16)3-4-8(9)11-7/h3-5H,2H2,1H3,(H,12,14). The predicted molar refractivity (Wildman–Crippen MR) is 58.4 cm³/mol. The highest BCUT2D eigenvalue weighted by molar-refractivity contribution is 5.76. The second-order valence-electron chi connectivity index (χ2n) is 3.32. The van der Waals surface area contributed by atoms with E-state index in [1.807, 2.05) is 6.92 Å². The van der Waals surface area contributed by atoms with Gasteiger partial charge in [-0.15, -0.1) is 0 Å². The number of rotatable bonds is 2. The lowest BCUT2D eigenvalue weighted by Crippen LogP contribution is -2.14. The number of nitro benzene ring substituents is 1. The van der Waals surface area contributed by atoms with Crippen LogP contribution in [-0.4, -0.2) is 14.9 Å². The molecule has 6 heteroatoms. The average molecular weight is 219 g/mol. The number of fused-ring (bicyclic) bond motifs is 1. The van der Waals surface area contributed by atoms with E-state index < -0.39 is 4.92 Å². The molecule has 0 spiro atoms. The fraction of sp³-hybridized carbons (Fsp3) is 0.200. The Morgan fingerprint density at radius 2 is 2.25 bits per heavy atom. The van der Waals surface area contributed by atoms with Gasteiger partial charge in [-0.2, -0.15) is 0 Å². The maximum Gasteiger partial charge on any atom is 0.271 e. The Morgan fingerprint density at radius 1 is 1.50 bits per heavy atom. The maximum atomic E-state index is 11.5. The van der Waals surface area contributed by atoms with E-state index in [0.717, 1.165) is 0 Å². The molecule has 2 aromatic rings. The zero-order valence-electron chi connectivity index (χ0n) is 8.56. The minimum Gasteiger partial charge on any atom is -0.319 e. The van der Waals surface area contributed by atoms with Crippen LogP contribution >= 0.6 is 0 Å². The SMILES string of the molecule is CCc1nc2ccc([N+](=O)[O-])cc2[nH]c1=O. The Balaban J connectivity index is 2.72. The predicted octanol–water partition coefficient (Wildman–Crippen LogP) is 1.39. The number of H-pyrrole nitrogens is 1. The summed E-state index contributed by atoms with van der Waals surface area (Å²) in [6.07, 6.45) is 0.530. The number of non-ortho nitro benzene ring substituents is 1. The Bertz CT molecular complexity index is 618. The molecule has 0 aliphatic rings.